The van der Waals surface area contributed by atoms with Crippen LogP contribution in [-0.2, 0) is 4.79 Å². The molecule has 0 saturated heterocycles. The van der Waals surface area contributed by atoms with Crippen LogP contribution in [0.5, 0.6) is 0 Å². The van der Waals surface area contributed by atoms with Gasteiger partial charge in [0.2, 0.25) is 0 Å². The van der Waals surface area contributed by atoms with Gasteiger partial charge in [0.05, 0.1) is 0 Å². The third-order valence-corrected chi connectivity index (χ3v) is 4.32. The van der Waals surface area contributed by atoms with Crippen LogP contribution in [0.2, 0.25) is 0 Å². The lowest BCUT2D eigenvalue weighted by Gasteiger charge is -2.07. The van der Waals surface area contributed by atoms with Gasteiger partial charge in [-0.3, -0.25) is 0 Å². The number of carbonyl (C=O) groups excluding carboxylic acids is 1. The fourth-order valence-corrected chi connectivity index (χ4v) is 2.95. The minimum atomic E-state index is 0.204. The summed E-state index contributed by atoms with van der Waals surface area (Å²) in [6.07, 6.45) is 19.4. The van der Waals surface area contributed by atoms with Crippen molar-refractivity contribution >= 4 is 17.9 Å². The first kappa shape index (κ1) is 20.0. The second-order valence-corrected chi connectivity index (χ2v) is 6.43. The van der Waals surface area contributed by atoms with Crippen molar-refractivity contribution in [3.05, 3.63) is 0 Å². The highest BCUT2D eigenvalue weighted by molar-refractivity contribution is 6.17. The maximum absolute atomic E-state index is 10.8. The summed E-state index contributed by atoms with van der Waals surface area (Å²) in [5, 5.41) is 0. The molecule has 0 rings (SSSR count). The molecule has 0 aliphatic rings. The van der Waals surface area contributed by atoms with E-state index in [0.29, 0.717) is 5.88 Å². The molecule has 120 valence electrons. The predicted octanol–water partition coefficient (Wildman–Crippen LogP) is 6.52. The summed E-state index contributed by atoms with van der Waals surface area (Å²) in [5.74, 6) is 0.817. The van der Waals surface area contributed by atoms with Gasteiger partial charge in [-0.05, 0) is 12.8 Å². The molecule has 0 heterocycles. The van der Waals surface area contributed by atoms with E-state index in [1.807, 2.05) is 0 Å². The highest BCUT2D eigenvalue weighted by atomic mass is 35.5. The second kappa shape index (κ2) is 17.0. The standard InChI is InChI=1S/C18H35ClO/c1-2-3-4-5-6-7-8-9-10-11-12-13-14-18(17-20)15-16-19/h17-18H,2-16H2,1H3. The maximum atomic E-state index is 10.8. The predicted molar refractivity (Wildman–Crippen MR) is 90.6 cm³/mol. The molecule has 1 unspecified atom stereocenters. The van der Waals surface area contributed by atoms with Gasteiger partial charge in [-0.15, -0.1) is 11.6 Å². The minimum absolute atomic E-state index is 0.204. The Bertz CT molecular complexity index is 194. The van der Waals surface area contributed by atoms with Crippen LogP contribution in [0.3, 0.4) is 0 Å². The quantitative estimate of drug-likeness (QED) is 0.180. The van der Waals surface area contributed by atoms with E-state index in [9.17, 15) is 4.79 Å². The van der Waals surface area contributed by atoms with E-state index in [2.05, 4.69) is 6.92 Å². The van der Waals surface area contributed by atoms with Gasteiger partial charge in [0.1, 0.15) is 6.29 Å². The van der Waals surface area contributed by atoms with Crippen molar-refractivity contribution in [2.45, 2.75) is 96.8 Å². The number of rotatable bonds is 16. The molecular formula is C18H35ClO. The molecule has 0 aromatic rings. The van der Waals surface area contributed by atoms with E-state index in [1.165, 1.54) is 77.0 Å². The summed E-state index contributed by atoms with van der Waals surface area (Å²) in [6, 6.07) is 0. The van der Waals surface area contributed by atoms with Crippen LogP contribution >= 0.6 is 11.6 Å². The van der Waals surface area contributed by atoms with Gasteiger partial charge >= 0.3 is 0 Å². The molecule has 0 fully saturated rings. The Hall–Kier alpha value is -0.0400. The average Bonchev–Trinajstić information content (AvgIpc) is 2.47. The van der Waals surface area contributed by atoms with Gasteiger partial charge in [0, 0.05) is 11.8 Å². The lowest BCUT2D eigenvalue weighted by molar-refractivity contribution is -0.111. The number of alkyl halides is 1. The van der Waals surface area contributed by atoms with Crippen LogP contribution in [0, 0.1) is 5.92 Å². The van der Waals surface area contributed by atoms with E-state index >= 15 is 0 Å². The monoisotopic (exact) mass is 302 g/mol. The van der Waals surface area contributed by atoms with Crippen LogP contribution in [0.4, 0.5) is 0 Å². The fraction of sp³-hybridized carbons (Fsp3) is 0.944. The van der Waals surface area contributed by atoms with Crippen molar-refractivity contribution in [1.29, 1.82) is 0 Å². The number of carbonyl (C=O) groups is 1. The number of halogens is 1. The topological polar surface area (TPSA) is 17.1 Å². The number of hydrogen-bond acceptors (Lipinski definition) is 1. The Morgan fingerprint density at radius 2 is 1.20 bits per heavy atom. The highest BCUT2D eigenvalue weighted by Gasteiger charge is 2.05. The summed E-state index contributed by atoms with van der Waals surface area (Å²) in [5.41, 5.74) is 0. The van der Waals surface area contributed by atoms with Gasteiger partial charge in [-0.1, -0.05) is 84.0 Å². The third kappa shape index (κ3) is 14.4. The second-order valence-electron chi connectivity index (χ2n) is 6.05. The first-order chi connectivity index (χ1) is 9.85. The Morgan fingerprint density at radius 3 is 1.60 bits per heavy atom. The van der Waals surface area contributed by atoms with Crippen LogP contribution in [0.25, 0.3) is 0 Å². The molecule has 20 heavy (non-hydrogen) atoms. The molecule has 2 heteroatoms. The normalized spacial score (nSPS) is 12.5. The zero-order valence-corrected chi connectivity index (χ0v) is 14.3. The Morgan fingerprint density at radius 1 is 0.750 bits per heavy atom. The molecule has 1 nitrogen and oxygen atoms in total. The molecule has 0 amide bonds. The number of hydrogen-bond donors (Lipinski definition) is 0. The molecule has 0 aliphatic heterocycles. The Kier molecular flexibility index (Phi) is 17.0. The van der Waals surface area contributed by atoms with Crippen molar-refractivity contribution in [2.24, 2.45) is 5.92 Å². The largest absolute Gasteiger partial charge is 0.303 e. The zero-order chi connectivity index (χ0) is 14.9. The number of aldehydes is 1. The first-order valence-electron chi connectivity index (χ1n) is 8.86. The van der Waals surface area contributed by atoms with Gasteiger partial charge in [-0.2, -0.15) is 0 Å². The van der Waals surface area contributed by atoms with Crippen molar-refractivity contribution in [1.82, 2.24) is 0 Å². The van der Waals surface area contributed by atoms with Crippen LogP contribution in [-0.4, -0.2) is 12.2 Å². The van der Waals surface area contributed by atoms with Crippen LogP contribution in [0.1, 0.15) is 96.8 Å². The summed E-state index contributed by atoms with van der Waals surface area (Å²) in [6.45, 7) is 2.27. The van der Waals surface area contributed by atoms with Crippen molar-refractivity contribution in [3.8, 4) is 0 Å². The molecule has 0 bridgehead atoms. The smallest absolute Gasteiger partial charge is 0.123 e. The Balaban J connectivity index is 3.11. The van der Waals surface area contributed by atoms with E-state index in [-0.39, 0.29) is 5.92 Å². The highest BCUT2D eigenvalue weighted by Crippen LogP contribution is 2.15. The van der Waals surface area contributed by atoms with Gasteiger partial charge < -0.3 is 4.79 Å². The summed E-state index contributed by atoms with van der Waals surface area (Å²) in [4.78, 5) is 10.8. The Labute approximate surface area is 131 Å². The fourth-order valence-electron chi connectivity index (χ4n) is 2.67. The number of unbranched alkanes of at least 4 members (excludes halogenated alkanes) is 11. The average molecular weight is 303 g/mol. The summed E-state index contributed by atoms with van der Waals surface area (Å²) < 4.78 is 0. The van der Waals surface area contributed by atoms with Crippen molar-refractivity contribution in [2.75, 3.05) is 5.88 Å². The SMILES string of the molecule is CCCCCCCCCCCCCCC(C=O)CCCl. The van der Waals surface area contributed by atoms with E-state index in [0.717, 1.165) is 19.1 Å². The van der Waals surface area contributed by atoms with Crippen molar-refractivity contribution < 1.29 is 4.79 Å². The van der Waals surface area contributed by atoms with Crippen molar-refractivity contribution in [3.63, 3.8) is 0 Å². The summed E-state index contributed by atoms with van der Waals surface area (Å²) in [7, 11) is 0. The zero-order valence-electron chi connectivity index (χ0n) is 13.5. The first-order valence-corrected chi connectivity index (χ1v) is 9.39. The third-order valence-electron chi connectivity index (χ3n) is 4.10. The van der Waals surface area contributed by atoms with Gasteiger partial charge in [0.25, 0.3) is 0 Å². The van der Waals surface area contributed by atoms with E-state index in [1.54, 1.807) is 0 Å². The summed E-state index contributed by atoms with van der Waals surface area (Å²) >= 11 is 5.67. The molecule has 0 aromatic carbocycles. The lowest BCUT2D eigenvalue weighted by atomic mass is 9.99. The molecule has 0 aromatic heterocycles. The lowest BCUT2D eigenvalue weighted by Crippen LogP contribution is -2.02. The molecular weight excluding hydrogens is 268 g/mol. The molecule has 0 radical (unpaired) electrons. The molecule has 0 N–H and O–H groups in total. The molecule has 0 spiro atoms. The molecule has 0 aliphatic carbocycles. The van der Waals surface area contributed by atoms with E-state index < -0.39 is 0 Å². The molecule has 0 saturated carbocycles. The van der Waals surface area contributed by atoms with Gasteiger partial charge in [0.15, 0.2) is 0 Å². The molecule has 1 atom stereocenters. The maximum Gasteiger partial charge on any atom is 0.123 e. The van der Waals surface area contributed by atoms with Crippen LogP contribution < -0.4 is 0 Å². The van der Waals surface area contributed by atoms with Crippen LogP contribution in [0.15, 0.2) is 0 Å². The van der Waals surface area contributed by atoms with Gasteiger partial charge in [-0.25, -0.2) is 0 Å². The van der Waals surface area contributed by atoms with E-state index in [4.69, 9.17) is 11.6 Å². The minimum Gasteiger partial charge on any atom is -0.303 e.